The molecule has 3 atom stereocenters. The number of H-pyrrole nitrogens is 2. The molecule has 0 saturated carbocycles. The first-order valence-corrected chi connectivity index (χ1v) is 33.0. The first-order chi connectivity index (χ1) is 44.0. The number of carbonyl (C=O) groups is 2. The van der Waals surface area contributed by atoms with Crippen molar-refractivity contribution < 1.29 is 14.3 Å². The largest absolute Gasteiger partial charge is 0.381 e. The number of anilines is 6. The van der Waals surface area contributed by atoms with Crippen LogP contribution in [0.5, 0.6) is 0 Å². The fourth-order valence-electron chi connectivity index (χ4n) is 14.3. The number of benzene rings is 3. The fraction of sp³-hybridized carbons (Fsp3) is 0.425. The van der Waals surface area contributed by atoms with Crippen LogP contribution in [-0.2, 0) is 14.3 Å². The number of likely N-dealkylation sites (N-methyl/N-ethyl adjacent to an activating group) is 1. The minimum absolute atomic E-state index is 0.0406. The van der Waals surface area contributed by atoms with E-state index in [-0.39, 0.29) is 29.5 Å². The lowest BCUT2D eigenvalue weighted by molar-refractivity contribution is -0.116. The van der Waals surface area contributed by atoms with Gasteiger partial charge < -0.3 is 60.9 Å². The van der Waals surface area contributed by atoms with Gasteiger partial charge in [0, 0.05) is 148 Å². The van der Waals surface area contributed by atoms with E-state index in [1.54, 1.807) is 7.11 Å². The Morgan fingerprint density at radius 2 is 1.46 bits per heavy atom. The van der Waals surface area contributed by atoms with Gasteiger partial charge in [-0.2, -0.15) is 0 Å². The molecular weight excluding hydrogens is 1120 g/mol. The van der Waals surface area contributed by atoms with Crippen LogP contribution >= 0.6 is 0 Å². The quantitative estimate of drug-likeness (QED) is 0.0513. The van der Waals surface area contributed by atoms with Gasteiger partial charge in [-0.1, -0.05) is 87.1 Å². The summed E-state index contributed by atoms with van der Waals surface area (Å²) in [6.07, 6.45) is 27.8. The maximum absolute atomic E-state index is 12.6. The van der Waals surface area contributed by atoms with Crippen molar-refractivity contribution in [1.29, 1.82) is 0 Å². The van der Waals surface area contributed by atoms with Crippen molar-refractivity contribution in [3.05, 3.63) is 172 Å². The van der Waals surface area contributed by atoms with E-state index in [9.17, 15) is 14.4 Å². The van der Waals surface area contributed by atoms with Gasteiger partial charge in [-0.25, -0.2) is 4.98 Å². The molecule has 3 unspecified atom stereocenters. The summed E-state index contributed by atoms with van der Waals surface area (Å²) in [6.45, 7) is 18.5. The van der Waals surface area contributed by atoms with Crippen LogP contribution in [0.3, 0.4) is 0 Å². The predicted molar refractivity (Wildman–Crippen MR) is 368 cm³/mol. The molecule has 90 heavy (non-hydrogen) atoms. The van der Waals surface area contributed by atoms with Crippen molar-refractivity contribution in [1.82, 2.24) is 35.4 Å². The Morgan fingerprint density at radius 3 is 2.22 bits per heavy atom. The first kappa shape index (κ1) is 61.8. The number of piperidine rings is 3. The van der Waals surface area contributed by atoms with Crippen LogP contribution in [0, 0.1) is 24.7 Å². The van der Waals surface area contributed by atoms with E-state index < -0.39 is 0 Å². The van der Waals surface area contributed by atoms with E-state index in [1.807, 2.05) is 66.8 Å². The summed E-state index contributed by atoms with van der Waals surface area (Å²) >= 11 is 0. The Morgan fingerprint density at radius 1 is 0.744 bits per heavy atom. The second-order valence-electron chi connectivity index (χ2n) is 25.5. The molecule has 8 heterocycles. The molecule has 17 nitrogen and oxygen atoms in total. The second kappa shape index (κ2) is 28.6. The molecule has 7 N–H and O–H groups in total. The summed E-state index contributed by atoms with van der Waals surface area (Å²) in [7, 11) is 4.03. The Labute approximate surface area is 530 Å². The molecule has 3 aliphatic carbocycles. The number of allylic oxidation sites excluding steroid dienone is 9. The number of methoxy groups -OCH3 is 1. The number of hydrogen-bond acceptors (Lipinski definition) is 13. The third-order valence-corrected chi connectivity index (χ3v) is 20.0. The van der Waals surface area contributed by atoms with Gasteiger partial charge in [-0.05, 0) is 149 Å². The summed E-state index contributed by atoms with van der Waals surface area (Å²) in [6, 6.07) is 30.1. The Balaban J connectivity index is 0.000000131. The first-order valence-electron chi connectivity index (χ1n) is 33.0. The van der Waals surface area contributed by atoms with E-state index in [0.717, 1.165) is 145 Å². The average molecular weight is 1210 g/mol. The molecule has 0 bridgehead atoms. The second-order valence-corrected chi connectivity index (χ2v) is 25.5. The number of nitrogens with zero attached hydrogens (tertiary/aromatic N) is 6. The molecule has 472 valence electrons. The van der Waals surface area contributed by atoms with E-state index >= 15 is 0 Å². The maximum Gasteiger partial charge on any atom is 0.260 e. The molecule has 4 aromatic rings. The minimum Gasteiger partial charge on any atom is -0.381 e. The van der Waals surface area contributed by atoms with Crippen molar-refractivity contribution in [2.24, 2.45) is 17.8 Å². The van der Waals surface area contributed by atoms with Crippen molar-refractivity contribution in [2.45, 2.75) is 96.9 Å². The van der Waals surface area contributed by atoms with Crippen LogP contribution in [0.2, 0.25) is 0 Å². The summed E-state index contributed by atoms with van der Waals surface area (Å²) in [5, 5.41) is 16.7. The summed E-state index contributed by atoms with van der Waals surface area (Å²) in [5.41, 5.74) is 16.4. The molecular formula is C73H91N13O4. The summed E-state index contributed by atoms with van der Waals surface area (Å²) in [5.74, 6) is 1.87. The lowest BCUT2D eigenvalue weighted by Crippen LogP contribution is -2.52. The number of amides is 2. The molecule has 4 saturated heterocycles. The number of nitrogens with one attached hydrogen (secondary N) is 7. The third kappa shape index (κ3) is 14.1. The van der Waals surface area contributed by atoms with Crippen molar-refractivity contribution in [2.75, 3.05) is 117 Å². The number of aromatic nitrogens is 3. The number of aromatic amines is 2. The lowest BCUT2D eigenvalue weighted by atomic mass is 9.88. The number of ether oxygens (including phenoxy) is 1. The number of imidazole rings is 1. The molecule has 0 radical (unpaired) electrons. The van der Waals surface area contributed by atoms with Crippen LogP contribution in [-0.4, -0.2) is 142 Å². The zero-order valence-corrected chi connectivity index (χ0v) is 53.2. The normalized spacial score (nSPS) is 21.2. The lowest BCUT2D eigenvalue weighted by Gasteiger charge is -2.42. The molecule has 17 heteroatoms. The van der Waals surface area contributed by atoms with Gasteiger partial charge in [-0.15, -0.1) is 0 Å². The SMILES string of the molecule is CCC1CCN(c2ccc3nc(-c4c5cccccc-5[nH]c4=O)[nH]c3c2)CC1.COC1CCN(c2ccc3c(c2)NC(C(C)C2C=CC=CC=C2NC=O)N3)CC1.Cc1ccc(N2CCC(N3CCN(C)CC3)CC2)cc1NCC1=C2CCC=CC=C2NC1=O. The van der Waals surface area contributed by atoms with Crippen molar-refractivity contribution in [3.63, 3.8) is 0 Å². The predicted octanol–water partition coefficient (Wildman–Crippen LogP) is 11.4. The molecule has 4 fully saturated rings. The standard InChI is InChI=1S/C27H37N5O.C23H30N4O2.C23H24N4O/c1-20-8-9-22(31-12-10-21(11-13-31)32-16-14-30(2)15-17-32)18-26(20)28-19-24-23-6-4-3-5-7-25(23)29-27(24)33;1-16(19-6-4-3-5-7-20(19)24-15-28)23-25-21-9-8-17(14-22(21)26-23)27-12-10-18(29-2)11-13-27;1-2-15-10-12-27(13-11-15)16-8-9-19-20(14-16)25-22(24-19)21-17-6-4-3-5-7-18(17)26-23(21)28/h3,5,7-9,18,21,28H,4,6,10-17,19H2,1-2H3,(H,29,33);3-9,14-16,18-19,23,25-26H,10-13H2,1-2H3,(H,24,28);3-9,14-15H,2,10-13H2,1H3,(H,24,25)(H,26,28). The van der Waals surface area contributed by atoms with Gasteiger partial charge in [0.25, 0.3) is 11.5 Å². The van der Waals surface area contributed by atoms with Crippen LogP contribution in [0.1, 0.15) is 77.2 Å². The molecule has 10 aliphatic rings. The number of carbonyl (C=O) groups excluding carboxylic acids is 2. The third-order valence-electron chi connectivity index (χ3n) is 20.0. The van der Waals surface area contributed by atoms with Crippen molar-refractivity contribution in [3.8, 4) is 22.6 Å². The molecule has 3 aromatic carbocycles. The van der Waals surface area contributed by atoms with Gasteiger partial charge in [0.1, 0.15) is 12.0 Å². The number of aryl methyl sites for hydroxylation is 1. The highest BCUT2D eigenvalue weighted by atomic mass is 16.5. The maximum atomic E-state index is 12.6. The van der Waals surface area contributed by atoms with Gasteiger partial charge in [0.2, 0.25) is 6.41 Å². The molecule has 7 aliphatic heterocycles. The Hall–Kier alpha value is -8.38. The number of piperazine rings is 1. The summed E-state index contributed by atoms with van der Waals surface area (Å²) in [4.78, 5) is 59.7. The molecule has 0 spiro atoms. The monoisotopic (exact) mass is 1210 g/mol. The topological polar surface area (TPSA) is 181 Å². The molecule has 1 aromatic heterocycles. The zero-order valence-electron chi connectivity index (χ0n) is 53.2. The van der Waals surface area contributed by atoms with Gasteiger partial charge in [0.05, 0.1) is 34.1 Å². The van der Waals surface area contributed by atoms with Crippen LogP contribution < -0.4 is 46.8 Å². The minimum atomic E-state index is -0.109. The van der Waals surface area contributed by atoms with Crippen LogP contribution in [0.25, 0.3) is 33.7 Å². The Bertz CT molecular complexity index is 3710. The number of rotatable bonds is 14. The van der Waals surface area contributed by atoms with Crippen molar-refractivity contribution >= 4 is 57.5 Å². The summed E-state index contributed by atoms with van der Waals surface area (Å²) < 4.78 is 5.49. The van der Waals surface area contributed by atoms with Gasteiger partial charge >= 0.3 is 0 Å². The van der Waals surface area contributed by atoms with E-state index in [0.29, 0.717) is 24.0 Å². The Kier molecular flexibility index (Phi) is 19.7. The fourth-order valence-corrected chi connectivity index (χ4v) is 14.3. The molecule has 14 rings (SSSR count). The van der Waals surface area contributed by atoms with E-state index in [1.165, 1.54) is 80.9 Å². The van der Waals surface area contributed by atoms with Gasteiger partial charge in [-0.3, -0.25) is 19.3 Å². The highest BCUT2D eigenvalue weighted by molar-refractivity contribution is 6.01. The van der Waals surface area contributed by atoms with E-state index in [2.05, 4.69) is 156 Å². The van der Waals surface area contributed by atoms with Crippen LogP contribution in [0.4, 0.5) is 34.1 Å². The van der Waals surface area contributed by atoms with Gasteiger partial charge in [0.15, 0.2) is 0 Å². The zero-order chi connectivity index (χ0) is 62.1. The number of fused-ring (bicyclic) bond motifs is 4. The van der Waals surface area contributed by atoms with E-state index in [4.69, 9.17) is 9.72 Å². The number of hydrogen-bond donors (Lipinski definition) is 7. The van der Waals surface area contributed by atoms with Crippen LogP contribution in [0.15, 0.2) is 161 Å². The molecule has 2 amide bonds. The highest BCUT2D eigenvalue weighted by Gasteiger charge is 2.33. The smallest absolute Gasteiger partial charge is 0.260 e. The average Bonchev–Trinajstić information content (AvgIpc) is 1.74. The highest BCUT2D eigenvalue weighted by Crippen LogP contribution is 2.39.